The van der Waals surface area contributed by atoms with E-state index >= 15 is 0 Å². The highest BCUT2D eigenvalue weighted by Crippen LogP contribution is 2.35. The Morgan fingerprint density at radius 2 is 2.18 bits per heavy atom. The Bertz CT molecular complexity index is 447. The first-order valence-electron chi connectivity index (χ1n) is 6.33. The summed E-state index contributed by atoms with van der Waals surface area (Å²) in [5.41, 5.74) is 8.04. The number of nitrogens with one attached hydrogen (secondary N) is 1. The second-order valence-corrected chi connectivity index (χ2v) is 5.49. The van der Waals surface area contributed by atoms with Crippen LogP contribution >= 0.6 is 0 Å². The molecule has 17 heavy (non-hydrogen) atoms. The second-order valence-electron chi connectivity index (χ2n) is 5.49. The SMILES string of the molecule is NC1(Cc2cccc(C(=O)NC3CC3)c2)CC1. The van der Waals surface area contributed by atoms with Crippen molar-refractivity contribution in [2.45, 2.75) is 43.7 Å². The predicted octanol–water partition coefficient (Wildman–Crippen LogP) is 1.61. The smallest absolute Gasteiger partial charge is 0.251 e. The fraction of sp³-hybridized carbons (Fsp3) is 0.500. The van der Waals surface area contributed by atoms with Gasteiger partial charge in [-0.25, -0.2) is 0 Å². The van der Waals surface area contributed by atoms with Crippen LogP contribution in [0.15, 0.2) is 24.3 Å². The van der Waals surface area contributed by atoms with Crippen LogP contribution in [0.1, 0.15) is 41.6 Å². The Balaban J connectivity index is 1.71. The van der Waals surface area contributed by atoms with E-state index in [4.69, 9.17) is 5.73 Å². The van der Waals surface area contributed by atoms with Gasteiger partial charge in [0.2, 0.25) is 0 Å². The molecule has 3 heteroatoms. The van der Waals surface area contributed by atoms with E-state index in [1.54, 1.807) is 0 Å². The fourth-order valence-electron chi connectivity index (χ4n) is 2.06. The first-order chi connectivity index (χ1) is 8.15. The summed E-state index contributed by atoms with van der Waals surface area (Å²) in [6.07, 6.45) is 5.34. The molecule has 0 unspecified atom stereocenters. The van der Waals surface area contributed by atoms with Gasteiger partial charge in [0, 0.05) is 17.1 Å². The van der Waals surface area contributed by atoms with E-state index in [2.05, 4.69) is 11.4 Å². The van der Waals surface area contributed by atoms with Crippen LogP contribution < -0.4 is 11.1 Å². The van der Waals surface area contributed by atoms with Crippen LogP contribution in [-0.2, 0) is 6.42 Å². The van der Waals surface area contributed by atoms with Gasteiger partial charge in [0.05, 0.1) is 0 Å². The molecule has 0 saturated heterocycles. The van der Waals surface area contributed by atoms with Crippen molar-refractivity contribution < 1.29 is 4.79 Å². The van der Waals surface area contributed by atoms with E-state index < -0.39 is 0 Å². The summed E-state index contributed by atoms with van der Waals surface area (Å²) in [7, 11) is 0. The lowest BCUT2D eigenvalue weighted by Crippen LogP contribution is -2.26. The zero-order valence-corrected chi connectivity index (χ0v) is 9.91. The second kappa shape index (κ2) is 3.84. The maximum atomic E-state index is 11.9. The number of rotatable bonds is 4. The van der Waals surface area contributed by atoms with Gasteiger partial charge in [-0.15, -0.1) is 0 Å². The molecule has 0 heterocycles. The standard InChI is InChI=1S/C14H18N2O/c15-14(6-7-14)9-10-2-1-3-11(8-10)13(17)16-12-4-5-12/h1-3,8,12H,4-7,9,15H2,(H,16,17). The molecular weight excluding hydrogens is 212 g/mol. The van der Waals surface area contributed by atoms with Gasteiger partial charge in [0.1, 0.15) is 0 Å². The molecule has 0 spiro atoms. The van der Waals surface area contributed by atoms with Gasteiger partial charge in [-0.1, -0.05) is 12.1 Å². The lowest BCUT2D eigenvalue weighted by atomic mass is 10.0. The summed E-state index contributed by atoms with van der Waals surface area (Å²) < 4.78 is 0. The number of benzene rings is 1. The molecule has 90 valence electrons. The van der Waals surface area contributed by atoms with Crippen molar-refractivity contribution in [3.63, 3.8) is 0 Å². The van der Waals surface area contributed by atoms with Gasteiger partial charge in [-0.05, 0) is 49.8 Å². The van der Waals surface area contributed by atoms with Crippen molar-refractivity contribution in [1.29, 1.82) is 0 Å². The number of carbonyl (C=O) groups is 1. The van der Waals surface area contributed by atoms with Crippen molar-refractivity contribution >= 4 is 5.91 Å². The van der Waals surface area contributed by atoms with Crippen LogP contribution in [0.5, 0.6) is 0 Å². The van der Waals surface area contributed by atoms with Crippen molar-refractivity contribution in [1.82, 2.24) is 5.32 Å². The number of hydrogen-bond acceptors (Lipinski definition) is 2. The van der Waals surface area contributed by atoms with Crippen molar-refractivity contribution in [2.24, 2.45) is 5.73 Å². The van der Waals surface area contributed by atoms with Crippen LogP contribution in [-0.4, -0.2) is 17.5 Å². The Labute approximate surface area is 101 Å². The van der Waals surface area contributed by atoms with E-state index in [0.717, 1.165) is 37.7 Å². The van der Waals surface area contributed by atoms with Crippen molar-refractivity contribution in [3.8, 4) is 0 Å². The predicted molar refractivity (Wildman–Crippen MR) is 66.8 cm³/mol. The lowest BCUT2D eigenvalue weighted by molar-refractivity contribution is 0.0951. The molecule has 3 nitrogen and oxygen atoms in total. The Hall–Kier alpha value is -1.35. The first kappa shape index (κ1) is 10.8. The summed E-state index contributed by atoms with van der Waals surface area (Å²) in [5, 5.41) is 3.01. The topological polar surface area (TPSA) is 55.1 Å². The van der Waals surface area contributed by atoms with Crippen molar-refractivity contribution in [2.75, 3.05) is 0 Å². The quantitative estimate of drug-likeness (QED) is 0.825. The average Bonchev–Trinajstić information content (AvgIpc) is 3.19. The number of amides is 1. The Morgan fingerprint density at radius 1 is 1.41 bits per heavy atom. The van der Waals surface area contributed by atoms with Crippen LogP contribution in [0.2, 0.25) is 0 Å². The van der Waals surface area contributed by atoms with E-state index in [-0.39, 0.29) is 11.4 Å². The first-order valence-corrected chi connectivity index (χ1v) is 6.33. The summed E-state index contributed by atoms with van der Waals surface area (Å²) in [6.45, 7) is 0. The molecule has 1 amide bonds. The third kappa shape index (κ3) is 2.67. The fourth-order valence-corrected chi connectivity index (χ4v) is 2.06. The molecule has 2 saturated carbocycles. The molecule has 0 atom stereocenters. The molecule has 0 bridgehead atoms. The van der Waals surface area contributed by atoms with Crippen LogP contribution in [0.3, 0.4) is 0 Å². The molecule has 2 aliphatic rings. The maximum Gasteiger partial charge on any atom is 0.251 e. The highest BCUT2D eigenvalue weighted by molar-refractivity contribution is 5.94. The number of nitrogens with two attached hydrogens (primary N) is 1. The largest absolute Gasteiger partial charge is 0.349 e. The summed E-state index contributed by atoms with van der Waals surface area (Å²) in [6, 6.07) is 8.27. The van der Waals surface area contributed by atoms with Gasteiger partial charge in [0.25, 0.3) is 5.91 Å². The number of hydrogen-bond donors (Lipinski definition) is 2. The van der Waals surface area contributed by atoms with Gasteiger partial charge >= 0.3 is 0 Å². The Kier molecular flexibility index (Phi) is 2.44. The molecule has 2 aliphatic carbocycles. The van der Waals surface area contributed by atoms with Crippen LogP contribution in [0, 0.1) is 0 Å². The molecule has 0 radical (unpaired) electrons. The average molecular weight is 230 g/mol. The highest BCUT2D eigenvalue weighted by Gasteiger charge is 2.38. The summed E-state index contributed by atoms with van der Waals surface area (Å²) >= 11 is 0. The van der Waals surface area contributed by atoms with Crippen LogP contribution in [0.4, 0.5) is 0 Å². The molecule has 1 aromatic carbocycles. The van der Waals surface area contributed by atoms with Gasteiger partial charge in [-0.3, -0.25) is 4.79 Å². The van der Waals surface area contributed by atoms with Crippen LogP contribution in [0.25, 0.3) is 0 Å². The molecule has 3 N–H and O–H groups in total. The minimum absolute atomic E-state index is 0.00555. The van der Waals surface area contributed by atoms with Gasteiger partial charge in [-0.2, -0.15) is 0 Å². The Morgan fingerprint density at radius 3 is 2.82 bits per heavy atom. The molecule has 3 rings (SSSR count). The molecule has 0 aromatic heterocycles. The van der Waals surface area contributed by atoms with Gasteiger partial charge in [0.15, 0.2) is 0 Å². The third-order valence-corrected chi connectivity index (χ3v) is 3.55. The van der Waals surface area contributed by atoms with E-state index in [1.807, 2.05) is 18.2 Å². The van der Waals surface area contributed by atoms with E-state index in [9.17, 15) is 4.79 Å². The van der Waals surface area contributed by atoms with E-state index in [1.165, 1.54) is 5.56 Å². The minimum Gasteiger partial charge on any atom is -0.349 e. The van der Waals surface area contributed by atoms with Crippen molar-refractivity contribution in [3.05, 3.63) is 35.4 Å². The van der Waals surface area contributed by atoms with Gasteiger partial charge < -0.3 is 11.1 Å². The molecule has 0 aliphatic heterocycles. The number of carbonyl (C=O) groups excluding carboxylic acids is 1. The molecule has 2 fully saturated rings. The monoisotopic (exact) mass is 230 g/mol. The zero-order chi connectivity index (χ0) is 11.9. The maximum absolute atomic E-state index is 11.9. The normalized spacial score (nSPS) is 21.0. The summed E-state index contributed by atoms with van der Waals surface area (Å²) in [4.78, 5) is 11.9. The highest BCUT2D eigenvalue weighted by atomic mass is 16.1. The summed E-state index contributed by atoms with van der Waals surface area (Å²) in [5.74, 6) is 0.0521. The minimum atomic E-state index is 0.00555. The lowest BCUT2D eigenvalue weighted by Gasteiger charge is -2.10. The molecular formula is C14H18N2O. The van der Waals surface area contributed by atoms with E-state index in [0.29, 0.717) is 6.04 Å². The molecule has 1 aromatic rings. The zero-order valence-electron chi connectivity index (χ0n) is 9.91. The third-order valence-electron chi connectivity index (χ3n) is 3.55.